The highest BCUT2D eigenvalue weighted by Crippen LogP contribution is 2.26. The summed E-state index contributed by atoms with van der Waals surface area (Å²) in [5.74, 6) is 0.622. The fourth-order valence-electron chi connectivity index (χ4n) is 0.0785. The summed E-state index contributed by atoms with van der Waals surface area (Å²) < 4.78 is 21.4. The third kappa shape index (κ3) is 239. The quantitative estimate of drug-likeness (QED) is 0.0885. The first-order chi connectivity index (χ1) is 6.91. The first-order valence-corrected chi connectivity index (χ1v) is 7.06. The summed E-state index contributed by atoms with van der Waals surface area (Å²) in [6.07, 6.45) is 1.64. The SMILES string of the molecule is C=CCSOO.O=P(O)(O)O.O=P(O)(O)O. The van der Waals surface area contributed by atoms with Crippen LogP contribution in [0.15, 0.2) is 12.7 Å². The van der Waals surface area contributed by atoms with E-state index in [1.54, 1.807) is 6.08 Å². The normalized spacial score (nSPS) is 10.4. The van der Waals surface area contributed by atoms with Crippen LogP contribution < -0.4 is 0 Å². The van der Waals surface area contributed by atoms with Crippen LogP contribution in [0.2, 0.25) is 0 Å². The molecule has 100 valence electrons. The van der Waals surface area contributed by atoms with Crippen LogP contribution in [0.1, 0.15) is 0 Å². The summed E-state index contributed by atoms with van der Waals surface area (Å²) in [5, 5.41) is 7.61. The second-order valence-corrected chi connectivity index (χ2v) is 4.45. The lowest BCUT2D eigenvalue weighted by Crippen LogP contribution is -1.68. The molecule has 0 unspecified atom stereocenters. The maximum Gasteiger partial charge on any atom is 0.466 e. The molecular formula is C3H12O10P2S. The van der Waals surface area contributed by atoms with Crippen LogP contribution in [0.4, 0.5) is 0 Å². The molecule has 0 rings (SSSR count). The largest absolute Gasteiger partial charge is 0.466 e. The van der Waals surface area contributed by atoms with Crippen molar-refractivity contribution in [1.29, 1.82) is 0 Å². The van der Waals surface area contributed by atoms with Crippen molar-refractivity contribution in [3.05, 3.63) is 12.7 Å². The lowest BCUT2D eigenvalue weighted by Gasteiger charge is -1.82. The van der Waals surface area contributed by atoms with Gasteiger partial charge in [0.25, 0.3) is 0 Å². The molecule has 0 bridgehead atoms. The summed E-state index contributed by atoms with van der Waals surface area (Å²) in [6.45, 7) is 3.39. The maximum absolute atomic E-state index is 8.88. The molecule has 0 radical (unpaired) electrons. The van der Waals surface area contributed by atoms with Crippen LogP contribution >= 0.6 is 27.7 Å². The summed E-state index contributed by atoms with van der Waals surface area (Å²) in [5.41, 5.74) is 0. The van der Waals surface area contributed by atoms with Gasteiger partial charge in [-0.15, -0.1) is 6.58 Å². The van der Waals surface area contributed by atoms with Gasteiger partial charge in [-0.2, -0.15) is 4.33 Å². The van der Waals surface area contributed by atoms with E-state index in [0.29, 0.717) is 5.75 Å². The van der Waals surface area contributed by atoms with E-state index >= 15 is 0 Å². The van der Waals surface area contributed by atoms with Crippen LogP contribution in [0, 0.1) is 0 Å². The Morgan fingerprint density at radius 2 is 1.31 bits per heavy atom. The zero-order chi connectivity index (χ0) is 13.8. The van der Waals surface area contributed by atoms with Gasteiger partial charge in [-0.3, -0.25) is 0 Å². The van der Waals surface area contributed by atoms with E-state index in [-0.39, 0.29) is 0 Å². The van der Waals surface area contributed by atoms with Crippen LogP contribution in [0.3, 0.4) is 0 Å². The van der Waals surface area contributed by atoms with E-state index < -0.39 is 15.6 Å². The number of rotatable bonds is 3. The van der Waals surface area contributed by atoms with E-state index in [1.165, 1.54) is 0 Å². The maximum atomic E-state index is 8.88. The van der Waals surface area contributed by atoms with Gasteiger partial charge < -0.3 is 29.4 Å². The van der Waals surface area contributed by atoms with Gasteiger partial charge in [-0.1, -0.05) is 6.08 Å². The molecule has 0 aliphatic heterocycles. The molecule has 10 nitrogen and oxygen atoms in total. The molecule has 0 aromatic rings. The zero-order valence-corrected chi connectivity index (χ0v) is 10.3. The number of phosphoric acid groups is 2. The molecule has 0 aromatic heterocycles. The second kappa shape index (κ2) is 11.7. The highest BCUT2D eigenvalue weighted by atomic mass is 32.2. The number of hydrogen-bond donors (Lipinski definition) is 7. The van der Waals surface area contributed by atoms with Gasteiger partial charge in [0.1, 0.15) is 0 Å². The minimum absolute atomic E-state index is 0.622. The Bertz CT molecular complexity index is 206. The van der Waals surface area contributed by atoms with Crippen molar-refractivity contribution in [3.8, 4) is 0 Å². The molecule has 0 saturated heterocycles. The second-order valence-electron chi connectivity index (χ2n) is 1.67. The Balaban J connectivity index is -0.000000160. The van der Waals surface area contributed by atoms with Gasteiger partial charge >= 0.3 is 15.6 Å². The van der Waals surface area contributed by atoms with Gasteiger partial charge in [-0.25, -0.2) is 14.4 Å². The molecule has 0 aliphatic carbocycles. The van der Waals surface area contributed by atoms with Crippen LogP contribution in [-0.2, 0) is 13.5 Å². The summed E-state index contributed by atoms with van der Waals surface area (Å²) in [7, 11) is -9.28. The van der Waals surface area contributed by atoms with Crippen molar-refractivity contribution < 1.29 is 48.1 Å². The van der Waals surface area contributed by atoms with Crippen molar-refractivity contribution in [2.24, 2.45) is 0 Å². The van der Waals surface area contributed by atoms with Gasteiger partial charge in [-0.05, 0) is 0 Å². The predicted octanol–water partition coefficient (Wildman–Crippen LogP) is -0.547. The Labute approximate surface area is 94.8 Å². The predicted molar refractivity (Wildman–Crippen MR) is 54.9 cm³/mol. The first kappa shape index (κ1) is 21.5. The lowest BCUT2D eigenvalue weighted by molar-refractivity contribution is -0.116. The van der Waals surface area contributed by atoms with Crippen molar-refractivity contribution in [3.63, 3.8) is 0 Å². The third-order valence-electron chi connectivity index (χ3n) is 0.239. The zero-order valence-electron chi connectivity index (χ0n) is 7.65. The minimum Gasteiger partial charge on any atom is -0.303 e. The van der Waals surface area contributed by atoms with E-state index in [2.05, 4.69) is 10.9 Å². The van der Waals surface area contributed by atoms with Crippen LogP contribution in [0.5, 0.6) is 0 Å². The third-order valence-corrected chi connectivity index (χ3v) is 0.716. The average molecular weight is 302 g/mol. The molecule has 0 spiro atoms. The molecule has 16 heavy (non-hydrogen) atoms. The van der Waals surface area contributed by atoms with Crippen molar-refractivity contribution in [2.45, 2.75) is 0 Å². The van der Waals surface area contributed by atoms with Gasteiger partial charge in [0, 0.05) is 17.8 Å². The molecule has 0 atom stereocenters. The van der Waals surface area contributed by atoms with E-state index in [1.807, 2.05) is 0 Å². The molecule has 0 fully saturated rings. The number of hydrogen-bond acceptors (Lipinski definition) is 5. The standard InChI is InChI=1S/C3H6O2S.2H3O4P/c1-2-3-6-5-4;2*1-5(2,3)4/h2,4H,1,3H2;2*(H3,1,2,3,4). The van der Waals surface area contributed by atoms with Crippen molar-refractivity contribution >= 4 is 27.7 Å². The molecule has 0 aromatic carbocycles. The van der Waals surface area contributed by atoms with Gasteiger partial charge in [0.05, 0.1) is 0 Å². The molecule has 0 aliphatic rings. The highest BCUT2D eigenvalue weighted by molar-refractivity contribution is 7.94. The summed E-state index contributed by atoms with van der Waals surface area (Å²) >= 11 is 0.946. The molecule has 0 amide bonds. The monoisotopic (exact) mass is 302 g/mol. The van der Waals surface area contributed by atoms with Crippen molar-refractivity contribution in [1.82, 2.24) is 0 Å². The highest BCUT2D eigenvalue weighted by Gasteiger charge is 2.00. The first-order valence-electron chi connectivity index (χ1n) is 3.02. The fourth-order valence-corrected chi connectivity index (χ4v) is 0.236. The minimum atomic E-state index is -4.64. The van der Waals surface area contributed by atoms with Gasteiger partial charge in [0.2, 0.25) is 0 Å². The van der Waals surface area contributed by atoms with E-state index in [9.17, 15) is 0 Å². The molecule has 13 heteroatoms. The van der Waals surface area contributed by atoms with Gasteiger partial charge in [0.15, 0.2) is 0 Å². The van der Waals surface area contributed by atoms with E-state index in [4.69, 9.17) is 43.7 Å². The van der Waals surface area contributed by atoms with Crippen LogP contribution in [0.25, 0.3) is 0 Å². The van der Waals surface area contributed by atoms with E-state index in [0.717, 1.165) is 12.0 Å². The summed E-state index contributed by atoms with van der Waals surface area (Å²) in [6, 6.07) is 0. The molecule has 0 heterocycles. The van der Waals surface area contributed by atoms with Crippen LogP contribution in [-0.4, -0.2) is 40.4 Å². The average Bonchev–Trinajstić information content (AvgIpc) is 1.94. The topological polar surface area (TPSA) is 185 Å². The smallest absolute Gasteiger partial charge is 0.303 e. The molecular weight excluding hydrogens is 290 g/mol. The Morgan fingerprint density at radius 3 is 1.38 bits per heavy atom. The Hall–Kier alpha value is 0.230. The molecule has 7 N–H and O–H groups in total. The summed E-state index contributed by atoms with van der Waals surface area (Å²) in [4.78, 5) is 43.1. The molecule has 0 saturated carbocycles. The lowest BCUT2D eigenvalue weighted by atomic mass is 10.8. The fraction of sp³-hybridized carbons (Fsp3) is 0.333. The Kier molecular flexibility index (Phi) is 15.7. The Morgan fingerprint density at radius 1 is 1.06 bits per heavy atom. The van der Waals surface area contributed by atoms with Crippen molar-refractivity contribution in [2.75, 3.05) is 5.75 Å².